The third-order valence-corrected chi connectivity index (χ3v) is 5.22. The Labute approximate surface area is 175 Å². The first kappa shape index (κ1) is 23.7. The summed E-state index contributed by atoms with van der Waals surface area (Å²) in [6, 6.07) is 1.41. The monoisotopic (exact) mass is 464 g/mol. The number of hydrogen-bond donors (Lipinski definition) is 0. The predicted molar refractivity (Wildman–Crippen MR) is 97.8 cm³/mol. The molecule has 0 bridgehead atoms. The summed E-state index contributed by atoms with van der Waals surface area (Å²) >= 11 is 0. The fourth-order valence-electron chi connectivity index (χ4n) is 3.40. The van der Waals surface area contributed by atoms with Gasteiger partial charge >= 0.3 is 0 Å². The molecule has 3 aromatic carbocycles. The van der Waals surface area contributed by atoms with Gasteiger partial charge in [0.1, 0.15) is 11.6 Å². The summed E-state index contributed by atoms with van der Waals surface area (Å²) in [4.78, 5) is 0. The van der Waals surface area contributed by atoms with Crippen molar-refractivity contribution in [1.82, 2.24) is 0 Å². The maximum Gasteiger partial charge on any atom is 0.264 e. The Morgan fingerprint density at radius 1 is 0.438 bits per heavy atom. The number of rotatable bonds is 3. The molecule has 0 heterocycles. The Morgan fingerprint density at radius 3 is 1.12 bits per heavy atom. The van der Waals surface area contributed by atoms with Gasteiger partial charge in [-0.2, -0.15) is 0 Å². The van der Waals surface area contributed by atoms with Crippen molar-refractivity contribution >= 4 is 23.1 Å². The van der Waals surface area contributed by atoms with Crippen LogP contribution in [0, 0.1) is 78.9 Å². The number of benzene rings is 3. The second kappa shape index (κ2) is 8.18. The van der Waals surface area contributed by atoms with E-state index in [-0.39, 0.29) is 0 Å². The fourth-order valence-corrected chi connectivity index (χ4v) is 3.40. The molecule has 0 saturated carbocycles. The highest BCUT2D eigenvalue weighted by Crippen LogP contribution is 2.22. The van der Waals surface area contributed by atoms with E-state index in [0.717, 1.165) is 13.0 Å². The molecule has 0 aliphatic carbocycles. The van der Waals surface area contributed by atoms with Gasteiger partial charge in [-0.3, -0.25) is 0 Å². The summed E-state index contributed by atoms with van der Waals surface area (Å²) in [5.41, 5.74) is -7.94. The van der Waals surface area contributed by atoms with E-state index in [1.54, 1.807) is 0 Å². The molecule has 0 spiro atoms. The van der Waals surface area contributed by atoms with Gasteiger partial charge in [-0.05, 0) is 32.4 Å². The van der Waals surface area contributed by atoms with E-state index in [1.165, 1.54) is 0 Å². The second-order valence-corrected chi connectivity index (χ2v) is 7.11. The standard InChI is InChI=1S/C21H11BF10/c1-6-4-5-9(23)10(13(6)24)22(11-18(29)14(25)7(2)15(26)19(11)30)12-20(31)16(27)8(3)17(28)21(12)32/h4-5H,1-3H3. The molecular weight excluding hydrogens is 453 g/mol. The van der Waals surface area contributed by atoms with E-state index in [2.05, 4.69) is 0 Å². The molecule has 0 saturated heterocycles. The van der Waals surface area contributed by atoms with Crippen molar-refractivity contribution in [2.75, 3.05) is 0 Å². The van der Waals surface area contributed by atoms with Crippen LogP contribution in [0.15, 0.2) is 12.1 Å². The number of hydrogen-bond acceptors (Lipinski definition) is 0. The normalized spacial score (nSPS) is 11.3. The molecule has 0 radical (unpaired) electrons. The molecule has 0 aliphatic rings. The third kappa shape index (κ3) is 3.34. The average Bonchev–Trinajstić information content (AvgIpc) is 2.76. The molecule has 0 fully saturated rings. The first-order valence-electron chi connectivity index (χ1n) is 8.92. The highest BCUT2D eigenvalue weighted by molar-refractivity contribution is 6.95. The minimum atomic E-state index is -2.97. The zero-order valence-electron chi connectivity index (χ0n) is 16.5. The number of aryl methyl sites for hydroxylation is 1. The van der Waals surface area contributed by atoms with Crippen LogP contribution in [0.1, 0.15) is 16.7 Å². The summed E-state index contributed by atoms with van der Waals surface area (Å²) in [5.74, 6) is -20.3. The molecule has 0 atom stereocenters. The minimum Gasteiger partial charge on any atom is -0.207 e. The molecule has 3 rings (SSSR count). The highest BCUT2D eigenvalue weighted by Gasteiger charge is 2.42. The van der Waals surface area contributed by atoms with Crippen LogP contribution in [-0.4, -0.2) is 6.71 Å². The van der Waals surface area contributed by atoms with Crippen LogP contribution in [-0.2, 0) is 0 Å². The van der Waals surface area contributed by atoms with Crippen molar-refractivity contribution in [3.63, 3.8) is 0 Å². The smallest absolute Gasteiger partial charge is 0.207 e. The molecule has 0 aliphatic heterocycles. The van der Waals surface area contributed by atoms with Crippen molar-refractivity contribution in [3.8, 4) is 0 Å². The van der Waals surface area contributed by atoms with Gasteiger partial charge in [0.2, 0.25) is 0 Å². The van der Waals surface area contributed by atoms with E-state index in [1.807, 2.05) is 0 Å². The molecular formula is C21H11BF10. The Morgan fingerprint density at radius 2 is 0.781 bits per heavy atom. The maximum atomic E-state index is 14.9. The molecule has 3 aromatic rings. The van der Waals surface area contributed by atoms with Crippen LogP contribution in [0.2, 0.25) is 0 Å². The summed E-state index contributed by atoms with van der Waals surface area (Å²) in [6.07, 6.45) is 0. The lowest BCUT2D eigenvalue weighted by molar-refractivity contribution is 0.450. The summed E-state index contributed by atoms with van der Waals surface area (Å²) in [6.45, 7) is -0.656. The van der Waals surface area contributed by atoms with Gasteiger partial charge < -0.3 is 0 Å². The van der Waals surface area contributed by atoms with Gasteiger partial charge in [-0.15, -0.1) is 0 Å². The summed E-state index contributed by atoms with van der Waals surface area (Å²) in [5, 5.41) is 0. The van der Waals surface area contributed by atoms with Gasteiger partial charge in [-0.1, -0.05) is 6.07 Å². The van der Waals surface area contributed by atoms with Crippen LogP contribution in [0.5, 0.6) is 0 Å². The number of halogens is 10. The third-order valence-electron chi connectivity index (χ3n) is 5.22. The lowest BCUT2D eigenvalue weighted by Gasteiger charge is -2.22. The van der Waals surface area contributed by atoms with Crippen molar-refractivity contribution in [2.24, 2.45) is 0 Å². The van der Waals surface area contributed by atoms with E-state index in [0.29, 0.717) is 19.9 Å². The van der Waals surface area contributed by atoms with Crippen molar-refractivity contribution in [2.45, 2.75) is 20.8 Å². The fraction of sp³-hybridized carbons (Fsp3) is 0.143. The lowest BCUT2D eigenvalue weighted by Crippen LogP contribution is -2.60. The van der Waals surface area contributed by atoms with Gasteiger partial charge in [0.15, 0.2) is 46.5 Å². The summed E-state index contributed by atoms with van der Waals surface area (Å²) < 4.78 is 145. The summed E-state index contributed by atoms with van der Waals surface area (Å²) in [7, 11) is 0. The zero-order valence-corrected chi connectivity index (χ0v) is 16.5. The first-order chi connectivity index (χ1) is 14.8. The zero-order chi connectivity index (χ0) is 24.2. The Hall–Kier alpha value is -2.98. The van der Waals surface area contributed by atoms with E-state index < -0.39 is 98.0 Å². The van der Waals surface area contributed by atoms with Crippen LogP contribution in [0.3, 0.4) is 0 Å². The van der Waals surface area contributed by atoms with Gasteiger partial charge in [0.05, 0.1) is 0 Å². The SMILES string of the molecule is Cc1ccc(F)c(B(c2c(F)c(F)c(C)c(F)c2F)c2c(F)c(F)c(C)c(F)c2F)c1F. The Balaban J connectivity index is 2.62. The minimum absolute atomic E-state index is 0.394. The topological polar surface area (TPSA) is 0 Å². The van der Waals surface area contributed by atoms with Gasteiger partial charge in [0, 0.05) is 27.5 Å². The van der Waals surface area contributed by atoms with Crippen molar-refractivity contribution in [3.05, 3.63) is 87.0 Å². The molecule has 0 unspecified atom stereocenters. The molecule has 0 N–H and O–H groups in total. The molecule has 168 valence electrons. The Bertz CT molecular complexity index is 1140. The highest BCUT2D eigenvalue weighted by atomic mass is 19.2. The molecule has 11 heteroatoms. The van der Waals surface area contributed by atoms with Crippen LogP contribution in [0.4, 0.5) is 43.9 Å². The quantitative estimate of drug-likeness (QED) is 0.304. The van der Waals surface area contributed by atoms with Crippen molar-refractivity contribution < 1.29 is 43.9 Å². The van der Waals surface area contributed by atoms with E-state index in [9.17, 15) is 43.9 Å². The lowest BCUT2D eigenvalue weighted by atomic mass is 9.35. The Kier molecular flexibility index (Phi) is 6.05. The van der Waals surface area contributed by atoms with Crippen molar-refractivity contribution in [1.29, 1.82) is 0 Å². The first-order valence-corrected chi connectivity index (χ1v) is 8.92. The van der Waals surface area contributed by atoms with E-state index >= 15 is 0 Å². The van der Waals surface area contributed by atoms with Gasteiger partial charge in [-0.25, -0.2) is 43.9 Å². The van der Waals surface area contributed by atoms with Crippen LogP contribution >= 0.6 is 0 Å². The van der Waals surface area contributed by atoms with E-state index in [4.69, 9.17) is 0 Å². The molecule has 0 aromatic heterocycles. The van der Waals surface area contributed by atoms with Gasteiger partial charge in [0.25, 0.3) is 6.71 Å². The predicted octanol–water partition coefficient (Wildman–Crippen LogP) is 4.52. The average molecular weight is 464 g/mol. The largest absolute Gasteiger partial charge is 0.264 e. The van der Waals surface area contributed by atoms with Crippen LogP contribution in [0.25, 0.3) is 0 Å². The molecule has 0 nitrogen and oxygen atoms in total. The molecule has 0 amide bonds. The van der Waals surface area contributed by atoms with Crippen LogP contribution < -0.4 is 16.4 Å². The maximum absolute atomic E-state index is 14.9. The molecule has 32 heavy (non-hydrogen) atoms. The second-order valence-electron chi connectivity index (χ2n) is 7.11.